The van der Waals surface area contributed by atoms with E-state index < -0.39 is 22.9 Å². The van der Waals surface area contributed by atoms with Gasteiger partial charge < -0.3 is 78.6 Å². The number of aromatic amines is 1. The van der Waals surface area contributed by atoms with Crippen molar-refractivity contribution in [3.05, 3.63) is 122 Å². The van der Waals surface area contributed by atoms with E-state index in [2.05, 4.69) is 76.2 Å². The van der Waals surface area contributed by atoms with Gasteiger partial charge in [0, 0.05) is 44.5 Å². The number of ketones is 3. The number of aromatic nitrogens is 6. The average molecular weight is 1900 g/mol. The van der Waals surface area contributed by atoms with Crippen LogP contribution in [0.4, 0.5) is 20.1 Å². The SMILES string of the molecule is CC(=O)c1[nH]nc(-c2ccc(OC3CC4CC4C3)cc2)c1I.CC(=O)c1c(I)c(-c2ccc(OC3CC4CC4C3)cc2)nn1C1CCC(NC(=O)OC(C)(C)C)CC1.CC(C)(C)OC(=O)NC1CCC(O)CC1.N=N.O.[C-]#N.[C-]#N.[C-]#[N+]c1c(-c2ccc(OC3CC4CC4C3)cc2)nn(C2CCC(NC(=O)OC(C)(C)C)CC2)c1C(C)=O.[HH].[Zn+2]. The Morgan fingerprint density at radius 3 is 1.07 bits per heavy atom. The number of hydrogen-bond donors (Lipinski definition) is 7. The van der Waals surface area contributed by atoms with Gasteiger partial charge in [-0.3, -0.25) is 28.8 Å². The molecule has 634 valence electrons. The summed E-state index contributed by atoms with van der Waals surface area (Å²) < 4.78 is 39.8. The number of ether oxygens (including phenoxy) is 6. The summed E-state index contributed by atoms with van der Waals surface area (Å²) in [6.45, 7) is 38.6. The molecular weight excluding hydrogens is 1780 g/mol. The molecule has 118 heavy (non-hydrogen) atoms. The Morgan fingerprint density at radius 2 is 0.771 bits per heavy atom. The summed E-state index contributed by atoms with van der Waals surface area (Å²) in [5.41, 5.74) is 15.4. The van der Waals surface area contributed by atoms with Crippen molar-refractivity contribution >= 4 is 86.5 Å². The molecule has 9 aliphatic rings. The van der Waals surface area contributed by atoms with Gasteiger partial charge in [0.25, 0.3) is 0 Å². The normalized spacial score (nSPS) is 25.0. The first-order valence-electron chi connectivity index (χ1n) is 40.4. The number of hydrogen-bond acceptors (Lipinski definition) is 20. The van der Waals surface area contributed by atoms with E-state index in [1.54, 1.807) is 18.5 Å². The van der Waals surface area contributed by atoms with Crippen molar-refractivity contribution in [1.82, 2.24) is 45.7 Å². The first kappa shape index (κ1) is 96.7. The summed E-state index contributed by atoms with van der Waals surface area (Å²) in [4.78, 5) is 76.2. The smallest absolute Gasteiger partial charge is 0.512 e. The van der Waals surface area contributed by atoms with Crippen LogP contribution in [0.1, 0.15) is 263 Å². The van der Waals surface area contributed by atoms with Gasteiger partial charge in [0.15, 0.2) is 17.3 Å². The fourth-order valence-electron chi connectivity index (χ4n) is 16.7. The number of rotatable bonds is 17. The van der Waals surface area contributed by atoms with Crippen LogP contribution in [0.15, 0.2) is 72.8 Å². The Bertz CT molecular complexity index is 4410. The molecule has 0 aliphatic heterocycles. The van der Waals surface area contributed by atoms with Crippen molar-refractivity contribution in [3.63, 3.8) is 0 Å². The van der Waals surface area contributed by atoms with Crippen LogP contribution in [0, 0.1) is 84.0 Å². The van der Waals surface area contributed by atoms with Crippen molar-refractivity contribution in [2.24, 2.45) is 35.5 Å². The summed E-state index contributed by atoms with van der Waals surface area (Å²) >= 11 is 4.42. The summed E-state index contributed by atoms with van der Waals surface area (Å²) in [7, 11) is 0. The second kappa shape index (κ2) is 43.2. The van der Waals surface area contributed by atoms with Gasteiger partial charge in [0.05, 0.1) is 55.9 Å². The predicted octanol–water partition coefficient (Wildman–Crippen LogP) is 19.1. The van der Waals surface area contributed by atoms with E-state index in [1.807, 2.05) is 140 Å². The number of benzene rings is 3. The molecule has 31 heteroatoms. The van der Waals surface area contributed by atoms with Crippen molar-refractivity contribution in [3.8, 4) is 51.0 Å². The zero-order valence-electron chi connectivity index (χ0n) is 69.8. The Kier molecular flexibility index (Phi) is 35.4. The third kappa shape index (κ3) is 27.3. The minimum absolute atomic E-state index is 0. The molecule has 0 spiro atoms. The van der Waals surface area contributed by atoms with Gasteiger partial charge in [0.1, 0.15) is 62.5 Å². The maximum Gasteiger partial charge on any atom is 2.00 e. The molecule has 9 aliphatic carbocycles. The predicted molar refractivity (Wildman–Crippen MR) is 457 cm³/mol. The molecule has 0 saturated heterocycles. The largest absolute Gasteiger partial charge is 2.00 e. The van der Waals surface area contributed by atoms with E-state index in [9.17, 15) is 33.9 Å². The molecular formula is C87H116I2N14O14Zn. The Morgan fingerprint density at radius 1 is 0.475 bits per heavy atom. The van der Waals surface area contributed by atoms with Crippen LogP contribution in [-0.4, -0.2) is 135 Å². The van der Waals surface area contributed by atoms with Crippen LogP contribution >= 0.6 is 45.2 Å². The maximum atomic E-state index is 12.7. The van der Waals surface area contributed by atoms with Crippen LogP contribution in [0.2, 0.25) is 0 Å². The van der Waals surface area contributed by atoms with Crippen LogP contribution in [-0.2, 0) is 33.7 Å². The molecule has 0 radical (unpaired) electrons. The number of alkyl carbamates (subject to hydrolysis) is 3. The summed E-state index contributed by atoms with van der Waals surface area (Å²) in [5.74, 6) is 7.90. The first-order valence-corrected chi connectivity index (χ1v) is 42.5. The molecule has 6 aromatic rings. The summed E-state index contributed by atoms with van der Waals surface area (Å²) in [6.07, 6.45) is 20.5. The molecule has 9 saturated carbocycles. The Hall–Kier alpha value is -8.42. The first-order chi connectivity index (χ1) is 55.2. The number of aliphatic hydroxyl groups is 1. The van der Waals surface area contributed by atoms with Gasteiger partial charge in [0.2, 0.25) is 5.69 Å². The quantitative estimate of drug-likeness (QED) is 0.0111. The van der Waals surface area contributed by atoms with Crippen molar-refractivity contribution < 1.29 is 88.7 Å². The zero-order chi connectivity index (χ0) is 84.7. The van der Waals surface area contributed by atoms with E-state index in [0.29, 0.717) is 46.8 Å². The molecule has 6 atom stereocenters. The Labute approximate surface area is 734 Å². The number of nitrogens with zero attached hydrogens (tertiary/aromatic N) is 8. The van der Waals surface area contributed by atoms with Gasteiger partial charge in [-0.1, -0.05) is 12.1 Å². The van der Waals surface area contributed by atoms with Crippen LogP contribution < -0.4 is 30.2 Å². The fraction of sp³-hybridized carbons (Fsp3) is 0.586. The van der Waals surface area contributed by atoms with E-state index in [-0.39, 0.29) is 92.2 Å². The van der Waals surface area contributed by atoms with E-state index in [4.69, 9.17) is 79.9 Å². The summed E-state index contributed by atoms with van der Waals surface area (Å²) in [5, 5.41) is 47.4. The maximum absolute atomic E-state index is 12.7. The molecule has 3 aromatic heterocycles. The van der Waals surface area contributed by atoms with Crippen molar-refractivity contribution in [2.75, 3.05) is 0 Å². The molecule has 9 N–H and O–H groups in total. The van der Waals surface area contributed by atoms with Crippen molar-refractivity contribution in [1.29, 1.82) is 21.6 Å². The van der Waals surface area contributed by atoms with Gasteiger partial charge in [-0.25, -0.2) is 30.3 Å². The zero-order valence-corrected chi connectivity index (χ0v) is 77.1. The van der Waals surface area contributed by atoms with Gasteiger partial charge >= 0.3 is 37.8 Å². The topological polar surface area (TPSA) is 410 Å². The molecule has 15 rings (SSSR count). The fourth-order valence-corrected chi connectivity index (χ4v) is 18.7. The van der Waals surface area contributed by atoms with Crippen LogP contribution in [0.3, 0.4) is 0 Å². The Balaban J connectivity index is 0.000000250. The second-order valence-corrected chi connectivity index (χ2v) is 37.1. The van der Waals surface area contributed by atoms with E-state index in [1.165, 1.54) is 51.9 Å². The number of H-pyrrole nitrogens is 1. The minimum atomic E-state index is -0.541. The van der Waals surface area contributed by atoms with Crippen LogP contribution in [0.5, 0.6) is 17.2 Å². The van der Waals surface area contributed by atoms with Gasteiger partial charge in [-0.15, -0.1) is 0 Å². The second-order valence-electron chi connectivity index (χ2n) is 34.9. The third-order valence-corrected chi connectivity index (χ3v) is 24.5. The number of fused-ring (bicyclic) bond motifs is 3. The minimum Gasteiger partial charge on any atom is -0.512 e. The average Bonchev–Trinajstić information content (AvgIpc) is 1.67. The molecule has 6 unspecified atom stereocenters. The monoisotopic (exact) mass is 1900 g/mol. The van der Waals surface area contributed by atoms with Crippen LogP contribution in [0.25, 0.3) is 38.6 Å². The number of halogens is 2. The van der Waals surface area contributed by atoms with E-state index in [0.717, 1.165) is 178 Å². The van der Waals surface area contributed by atoms with Crippen molar-refractivity contribution in [2.45, 2.75) is 289 Å². The number of Topliss-reactive ketones (excluding diaryl/α,β-unsaturated/α-hetero) is 3. The van der Waals surface area contributed by atoms with E-state index >= 15 is 0 Å². The number of aliphatic hydroxyl groups excluding tert-OH is 1. The molecule has 3 amide bonds. The molecule has 3 heterocycles. The third-order valence-electron chi connectivity index (χ3n) is 22.4. The van der Waals surface area contributed by atoms with Gasteiger partial charge in [-0.2, -0.15) is 15.3 Å². The van der Waals surface area contributed by atoms with Gasteiger partial charge in [-0.05, 0) is 351 Å². The standard InChI is InChI=1S/C29H36N4O4.C28H36IN3O4.C17H17IN2O2.C11H21NO3.2CN.H2N2.H2O.Zn.H2/c1-17(34)27-26(30-5)25(18-6-12-23(13-7-18)36-24-15-19-14-20(19)16-24)32-33(27)22-10-8-21(9-11-22)31-28(35)37-29(2,3)4;1-16(33)26-24(29)25(17-5-11-22(12-6-17)35-23-14-18-13-19(18)15-23)31-32(26)21-9-7-20(8-10-21)30-27(34)36-28(2,3)4;1-9(21)16-15(18)17(20-19-16)10-2-4-13(5-3-10)22-14-7-11-6-12(11)8-14;1-11(2,3)15-10(14)12-8-4-6-9(13)7-5-8;3*1-2;;;/h6-7,12-13,19-22,24H,8-11,14-16H2,1-4H3,(H,31,35);5-6,11-12,18-21,23H,7-10,13-15H2,1-4H3,(H,30,34);2-5,11-12,14H,6-8H2,1H3,(H,19,20);8-9,13H,4-7H2,1-3H3,(H,12,14);;;1-2H;1H2;;1H/q;;;;2*-1;;;+2;. The molecule has 0 bridgehead atoms. The molecule has 9 fully saturated rings. The number of carbonyl (C=O) groups excluding carboxylic acids is 6. The number of nitrogens with one attached hydrogen (secondary N) is 6. The number of carbonyl (C=O) groups is 6. The summed E-state index contributed by atoms with van der Waals surface area (Å²) in [6, 6.07) is 24.2. The molecule has 3 aromatic carbocycles. The molecule has 28 nitrogen and oxygen atoms in total. The number of amides is 3.